The van der Waals surface area contributed by atoms with Crippen molar-refractivity contribution in [1.29, 1.82) is 5.26 Å². The standard InChI is InChI=1S/C12H12ClNO/c13-11(7-14)8-15-12-5-4-9-2-1-3-10(9)6-12/h4-6,11H,1-3,8H2. The van der Waals surface area contributed by atoms with E-state index in [-0.39, 0.29) is 6.61 Å². The summed E-state index contributed by atoms with van der Waals surface area (Å²) in [5, 5.41) is 7.93. The Morgan fingerprint density at radius 1 is 1.40 bits per heavy atom. The number of nitrogens with zero attached hydrogens (tertiary/aromatic N) is 1. The van der Waals surface area contributed by atoms with Gasteiger partial charge < -0.3 is 4.74 Å². The first-order valence-electron chi connectivity index (χ1n) is 5.08. The van der Waals surface area contributed by atoms with E-state index in [1.165, 1.54) is 24.0 Å². The number of ether oxygens (including phenoxy) is 1. The number of hydrogen-bond acceptors (Lipinski definition) is 2. The van der Waals surface area contributed by atoms with Gasteiger partial charge in [0.2, 0.25) is 0 Å². The second kappa shape index (κ2) is 4.55. The Kier molecular flexibility index (Phi) is 3.13. The number of halogens is 1. The van der Waals surface area contributed by atoms with Crippen LogP contribution in [0.2, 0.25) is 0 Å². The first-order valence-corrected chi connectivity index (χ1v) is 5.51. The highest BCUT2D eigenvalue weighted by Gasteiger charge is 2.11. The van der Waals surface area contributed by atoms with Crippen molar-refractivity contribution in [2.45, 2.75) is 24.6 Å². The number of benzene rings is 1. The molecule has 0 bridgehead atoms. The molecule has 0 aromatic heterocycles. The second-order valence-electron chi connectivity index (χ2n) is 3.69. The number of hydrogen-bond donors (Lipinski definition) is 0. The van der Waals surface area contributed by atoms with E-state index in [1.807, 2.05) is 12.1 Å². The Morgan fingerprint density at radius 3 is 3.00 bits per heavy atom. The maximum absolute atomic E-state index is 8.51. The van der Waals surface area contributed by atoms with Gasteiger partial charge in [-0.3, -0.25) is 0 Å². The number of rotatable bonds is 3. The molecular weight excluding hydrogens is 210 g/mol. The molecule has 1 atom stereocenters. The highest BCUT2D eigenvalue weighted by molar-refractivity contribution is 6.22. The van der Waals surface area contributed by atoms with Crippen LogP contribution < -0.4 is 4.74 Å². The molecule has 0 radical (unpaired) electrons. The predicted octanol–water partition coefficient (Wildman–Crippen LogP) is 2.69. The van der Waals surface area contributed by atoms with E-state index >= 15 is 0 Å². The molecule has 2 nitrogen and oxygen atoms in total. The molecule has 0 spiro atoms. The van der Waals surface area contributed by atoms with Crippen molar-refractivity contribution in [3.05, 3.63) is 29.3 Å². The maximum Gasteiger partial charge on any atom is 0.154 e. The summed E-state index contributed by atoms with van der Waals surface area (Å²) >= 11 is 5.65. The first kappa shape index (κ1) is 10.3. The van der Waals surface area contributed by atoms with E-state index < -0.39 is 5.38 Å². The van der Waals surface area contributed by atoms with Gasteiger partial charge >= 0.3 is 0 Å². The fourth-order valence-electron chi connectivity index (χ4n) is 1.84. The fraction of sp³-hybridized carbons (Fsp3) is 0.417. The van der Waals surface area contributed by atoms with E-state index in [1.54, 1.807) is 0 Å². The van der Waals surface area contributed by atoms with Gasteiger partial charge in [0.1, 0.15) is 12.4 Å². The van der Waals surface area contributed by atoms with Gasteiger partial charge in [0, 0.05) is 0 Å². The van der Waals surface area contributed by atoms with Crippen LogP contribution in [0, 0.1) is 11.3 Å². The van der Waals surface area contributed by atoms with E-state index in [4.69, 9.17) is 21.6 Å². The van der Waals surface area contributed by atoms with Crippen LogP contribution in [0.5, 0.6) is 5.75 Å². The average molecular weight is 222 g/mol. The van der Waals surface area contributed by atoms with Gasteiger partial charge in [0.25, 0.3) is 0 Å². The zero-order chi connectivity index (χ0) is 10.7. The molecule has 0 N–H and O–H groups in total. The Hall–Kier alpha value is -1.20. The van der Waals surface area contributed by atoms with E-state index in [0.29, 0.717) is 0 Å². The van der Waals surface area contributed by atoms with Crippen molar-refractivity contribution in [2.24, 2.45) is 0 Å². The number of aryl methyl sites for hydroxylation is 2. The number of alkyl halides is 1. The molecule has 1 aliphatic rings. The van der Waals surface area contributed by atoms with E-state index in [0.717, 1.165) is 12.2 Å². The Bertz CT molecular complexity index is 397. The zero-order valence-corrected chi connectivity index (χ0v) is 9.13. The summed E-state index contributed by atoms with van der Waals surface area (Å²) < 4.78 is 5.43. The molecule has 1 aromatic carbocycles. The lowest BCUT2D eigenvalue weighted by atomic mass is 10.1. The van der Waals surface area contributed by atoms with Gasteiger partial charge in [-0.1, -0.05) is 6.07 Å². The van der Waals surface area contributed by atoms with Crippen LogP contribution in [0.3, 0.4) is 0 Å². The summed E-state index contributed by atoms with van der Waals surface area (Å²) in [4.78, 5) is 0. The lowest BCUT2D eigenvalue weighted by Gasteiger charge is -2.07. The van der Waals surface area contributed by atoms with Crippen molar-refractivity contribution in [3.8, 4) is 11.8 Å². The van der Waals surface area contributed by atoms with Crippen molar-refractivity contribution in [3.63, 3.8) is 0 Å². The molecule has 0 amide bonds. The fourth-order valence-corrected chi connectivity index (χ4v) is 1.91. The van der Waals surface area contributed by atoms with Crippen LogP contribution in [0.15, 0.2) is 18.2 Å². The number of nitriles is 1. The maximum atomic E-state index is 8.51. The van der Waals surface area contributed by atoms with E-state index in [9.17, 15) is 0 Å². The molecule has 0 aliphatic heterocycles. The van der Waals surface area contributed by atoms with Crippen LogP contribution in [-0.2, 0) is 12.8 Å². The largest absolute Gasteiger partial charge is 0.491 e. The van der Waals surface area contributed by atoms with Gasteiger partial charge in [0.15, 0.2) is 5.38 Å². The molecule has 78 valence electrons. The molecule has 1 aliphatic carbocycles. The van der Waals surface area contributed by atoms with Crippen molar-refractivity contribution < 1.29 is 4.74 Å². The van der Waals surface area contributed by atoms with Crippen LogP contribution >= 0.6 is 11.6 Å². The lowest BCUT2D eigenvalue weighted by Crippen LogP contribution is -2.09. The summed E-state index contributed by atoms with van der Waals surface area (Å²) in [7, 11) is 0. The van der Waals surface area contributed by atoms with Crippen molar-refractivity contribution in [1.82, 2.24) is 0 Å². The summed E-state index contributed by atoms with van der Waals surface area (Å²) in [5.41, 5.74) is 2.79. The van der Waals surface area contributed by atoms with Gasteiger partial charge in [-0.25, -0.2) is 0 Å². The molecule has 0 saturated carbocycles. The third-order valence-corrected chi connectivity index (χ3v) is 2.83. The average Bonchev–Trinajstić information content (AvgIpc) is 2.72. The molecule has 0 saturated heterocycles. The zero-order valence-electron chi connectivity index (χ0n) is 8.37. The minimum atomic E-state index is -0.571. The predicted molar refractivity (Wildman–Crippen MR) is 59.2 cm³/mol. The molecule has 2 rings (SSSR count). The Morgan fingerprint density at radius 2 is 2.20 bits per heavy atom. The highest BCUT2D eigenvalue weighted by Crippen LogP contribution is 2.26. The molecular formula is C12H12ClNO. The molecule has 15 heavy (non-hydrogen) atoms. The third-order valence-electron chi connectivity index (χ3n) is 2.61. The molecule has 1 unspecified atom stereocenters. The minimum absolute atomic E-state index is 0.247. The van der Waals surface area contributed by atoms with Gasteiger partial charge in [-0.05, 0) is 42.5 Å². The molecule has 0 heterocycles. The Balaban J connectivity index is 2.01. The van der Waals surface area contributed by atoms with Crippen molar-refractivity contribution >= 4 is 11.6 Å². The van der Waals surface area contributed by atoms with Gasteiger partial charge in [-0.2, -0.15) is 5.26 Å². The normalized spacial score (nSPS) is 15.5. The minimum Gasteiger partial charge on any atom is -0.491 e. The topological polar surface area (TPSA) is 33.0 Å². The Labute approximate surface area is 94.4 Å². The lowest BCUT2D eigenvalue weighted by molar-refractivity contribution is 0.328. The summed E-state index contributed by atoms with van der Waals surface area (Å²) in [6.45, 7) is 0.247. The monoisotopic (exact) mass is 221 g/mol. The second-order valence-corrected chi connectivity index (χ2v) is 4.22. The van der Waals surface area contributed by atoms with E-state index in [2.05, 4.69) is 12.1 Å². The van der Waals surface area contributed by atoms with Crippen LogP contribution in [0.4, 0.5) is 0 Å². The summed E-state index contributed by atoms with van der Waals surface area (Å²) in [5.74, 6) is 0.816. The van der Waals surface area contributed by atoms with Crippen LogP contribution in [-0.4, -0.2) is 12.0 Å². The summed E-state index contributed by atoms with van der Waals surface area (Å²) in [6.07, 6.45) is 3.54. The smallest absolute Gasteiger partial charge is 0.154 e. The molecule has 0 fully saturated rings. The quantitative estimate of drug-likeness (QED) is 0.736. The third kappa shape index (κ3) is 2.43. The molecule has 3 heteroatoms. The SMILES string of the molecule is N#CC(Cl)COc1ccc2c(c1)CCC2. The number of fused-ring (bicyclic) bond motifs is 1. The van der Waals surface area contributed by atoms with Crippen molar-refractivity contribution in [2.75, 3.05) is 6.61 Å². The molecule has 1 aromatic rings. The highest BCUT2D eigenvalue weighted by atomic mass is 35.5. The van der Waals surface area contributed by atoms with Crippen LogP contribution in [0.1, 0.15) is 17.5 Å². The first-order chi connectivity index (χ1) is 7.29. The van der Waals surface area contributed by atoms with Gasteiger partial charge in [0.05, 0.1) is 6.07 Å². The van der Waals surface area contributed by atoms with Crippen LogP contribution in [0.25, 0.3) is 0 Å². The van der Waals surface area contributed by atoms with Gasteiger partial charge in [-0.15, -0.1) is 11.6 Å². The summed E-state index contributed by atoms with van der Waals surface area (Å²) in [6, 6.07) is 8.04.